The number of fused-ring (bicyclic) bond motifs is 4. The molecule has 4 nitrogen and oxygen atoms in total. The Morgan fingerprint density at radius 1 is 1.07 bits per heavy atom. The lowest BCUT2D eigenvalue weighted by atomic mass is 9.84. The third kappa shape index (κ3) is 6.41. The molecule has 3 atom stereocenters. The van der Waals surface area contributed by atoms with Gasteiger partial charge in [-0.3, -0.25) is 4.79 Å². The van der Waals surface area contributed by atoms with Crippen LogP contribution in [0.25, 0.3) is 0 Å². The first kappa shape index (κ1) is 30.5. The number of benzene rings is 2. The third-order valence-electron chi connectivity index (χ3n) is 8.09. The van der Waals surface area contributed by atoms with Gasteiger partial charge in [-0.25, -0.2) is 9.37 Å². The van der Waals surface area contributed by atoms with Crippen LogP contribution in [0.4, 0.5) is 17.6 Å². The van der Waals surface area contributed by atoms with Gasteiger partial charge in [-0.2, -0.15) is 13.2 Å². The van der Waals surface area contributed by atoms with E-state index in [0.29, 0.717) is 36.9 Å². The molecule has 1 fully saturated rings. The Morgan fingerprint density at radius 3 is 2.46 bits per heavy atom. The van der Waals surface area contributed by atoms with Crippen LogP contribution >= 0.6 is 0 Å². The number of carbonyl (C=O) groups is 1. The molecule has 1 saturated carbocycles. The number of nitrogens with zero attached hydrogens (tertiary/aromatic N) is 1. The van der Waals surface area contributed by atoms with Crippen LogP contribution in [0.1, 0.15) is 98.2 Å². The summed E-state index contributed by atoms with van der Waals surface area (Å²) in [5.74, 6) is 0.969. The summed E-state index contributed by atoms with van der Waals surface area (Å²) in [6.07, 6.45) is 0.183. The minimum atomic E-state index is -4.45. The lowest BCUT2D eigenvalue weighted by Gasteiger charge is -2.21. The van der Waals surface area contributed by atoms with Gasteiger partial charge in [-0.05, 0) is 89.5 Å². The molecule has 0 spiro atoms. The average Bonchev–Trinajstić information content (AvgIpc) is 3.54. The molecule has 3 aromatic rings. The third-order valence-corrected chi connectivity index (χ3v) is 8.09. The molecule has 0 amide bonds. The molecule has 3 aliphatic carbocycles. The van der Waals surface area contributed by atoms with Crippen molar-refractivity contribution in [2.45, 2.75) is 83.9 Å². The Kier molecular flexibility index (Phi) is 9.10. The average molecular weight is 572 g/mol. The van der Waals surface area contributed by atoms with E-state index in [0.717, 1.165) is 29.5 Å². The molecule has 3 aliphatic rings. The van der Waals surface area contributed by atoms with Crippen molar-refractivity contribution in [3.8, 4) is 5.88 Å². The highest BCUT2D eigenvalue weighted by atomic mass is 19.4. The molecule has 41 heavy (non-hydrogen) atoms. The number of pyridine rings is 1. The zero-order valence-corrected chi connectivity index (χ0v) is 24.1. The first-order chi connectivity index (χ1) is 19.5. The molecule has 1 heterocycles. The molecule has 0 bridgehead atoms. The van der Waals surface area contributed by atoms with E-state index in [4.69, 9.17) is 4.74 Å². The van der Waals surface area contributed by atoms with Gasteiger partial charge < -0.3 is 9.47 Å². The molecule has 0 N–H and O–H groups in total. The molecule has 0 radical (unpaired) electrons. The Bertz CT molecular complexity index is 1390. The van der Waals surface area contributed by atoms with Crippen LogP contribution in [0.3, 0.4) is 0 Å². The van der Waals surface area contributed by atoms with Gasteiger partial charge in [0.15, 0.2) is 0 Å². The molecular weight excluding hydrogens is 534 g/mol. The van der Waals surface area contributed by atoms with Crippen molar-refractivity contribution in [2.75, 3.05) is 6.61 Å². The van der Waals surface area contributed by atoms with E-state index in [9.17, 15) is 18.0 Å². The Labute approximate surface area is 239 Å². The summed E-state index contributed by atoms with van der Waals surface area (Å²) < 4.78 is 66.4. The van der Waals surface area contributed by atoms with E-state index < -0.39 is 28.9 Å². The predicted molar refractivity (Wildman–Crippen MR) is 149 cm³/mol. The van der Waals surface area contributed by atoms with Crippen molar-refractivity contribution in [3.05, 3.63) is 93.4 Å². The van der Waals surface area contributed by atoms with Gasteiger partial charge in [0.25, 0.3) is 6.47 Å². The molecule has 220 valence electrons. The molecule has 8 heteroatoms. The lowest BCUT2D eigenvalue weighted by molar-refractivity contribution is -0.138. The molecule has 0 aliphatic heterocycles. The second-order valence-electron chi connectivity index (χ2n) is 11.1. The largest absolute Gasteiger partial charge is 0.473 e. The maximum absolute atomic E-state index is 15.1. The second-order valence-corrected chi connectivity index (χ2v) is 11.1. The van der Waals surface area contributed by atoms with Crippen LogP contribution in [0.2, 0.25) is 0 Å². The topological polar surface area (TPSA) is 48.4 Å². The number of hydrogen-bond donors (Lipinski definition) is 0. The van der Waals surface area contributed by atoms with Gasteiger partial charge >= 0.3 is 6.18 Å². The summed E-state index contributed by atoms with van der Waals surface area (Å²) in [4.78, 5) is 13.6. The number of halogens is 4. The molecular formula is C33H37F4NO3. The normalized spacial score (nSPS) is 20.8. The van der Waals surface area contributed by atoms with E-state index in [2.05, 4.69) is 9.72 Å². The van der Waals surface area contributed by atoms with Gasteiger partial charge in [-0.15, -0.1) is 0 Å². The van der Waals surface area contributed by atoms with Crippen LogP contribution in [0.5, 0.6) is 5.88 Å². The molecule has 2 aromatic carbocycles. The van der Waals surface area contributed by atoms with Gasteiger partial charge in [0.2, 0.25) is 5.88 Å². The zero-order valence-electron chi connectivity index (χ0n) is 24.1. The van der Waals surface area contributed by atoms with Crippen LogP contribution in [0, 0.1) is 11.7 Å². The van der Waals surface area contributed by atoms with E-state index >= 15 is 4.39 Å². The fraction of sp³-hybridized carbons (Fsp3) is 0.455. The van der Waals surface area contributed by atoms with Crippen LogP contribution < -0.4 is 4.74 Å². The predicted octanol–water partition coefficient (Wildman–Crippen LogP) is 8.50. The van der Waals surface area contributed by atoms with Crippen LogP contribution in [0.15, 0.2) is 48.7 Å². The molecule has 1 aromatic heterocycles. The van der Waals surface area contributed by atoms with E-state index in [1.807, 2.05) is 40.0 Å². The first-order valence-corrected chi connectivity index (χ1v) is 14.2. The van der Waals surface area contributed by atoms with Gasteiger partial charge in [0.1, 0.15) is 12.4 Å². The van der Waals surface area contributed by atoms with Crippen LogP contribution in [-0.4, -0.2) is 18.1 Å². The van der Waals surface area contributed by atoms with Crippen molar-refractivity contribution in [3.63, 3.8) is 0 Å². The standard InChI is InChI=1S/C28H25F4NO.C3H6O2.C2H6/c1-27(2)12-21(18-5-3-4-6-23(18)28(30,31)32)20-9-17(25(29)11-24(20)27)14-34-26-10-16-7-15-8-19(15)22(16)13-33-26;1-2-5-3-4;1-2/h3-6,9-11,13,15,19,21H,7-8,12,14H2,1-2H3;3H,2H2,1H3;1-2H3. The van der Waals surface area contributed by atoms with E-state index in [1.54, 1.807) is 19.1 Å². The van der Waals surface area contributed by atoms with Crippen molar-refractivity contribution >= 4 is 6.47 Å². The van der Waals surface area contributed by atoms with Crippen molar-refractivity contribution < 1.29 is 31.8 Å². The minimum Gasteiger partial charge on any atom is -0.473 e. The number of carbonyl (C=O) groups excluding carboxylic acids is 1. The Balaban J connectivity index is 0.000000502. The van der Waals surface area contributed by atoms with Gasteiger partial charge in [-0.1, -0.05) is 45.9 Å². The quantitative estimate of drug-likeness (QED) is 0.220. The Morgan fingerprint density at radius 2 is 1.80 bits per heavy atom. The number of rotatable bonds is 6. The maximum Gasteiger partial charge on any atom is 0.416 e. The monoisotopic (exact) mass is 571 g/mol. The highest BCUT2D eigenvalue weighted by Crippen LogP contribution is 2.56. The summed E-state index contributed by atoms with van der Waals surface area (Å²) >= 11 is 0. The lowest BCUT2D eigenvalue weighted by Crippen LogP contribution is -2.14. The number of alkyl halides is 3. The van der Waals surface area contributed by atoms with Crippen molar-refractivity contribution in [2.24, 2.45) is 5.92 Å². The van der Waals surface area contributed by atoms with Crippen molar-refractivity contribution in [1.82, 2.24) is 4.98 Å². The summed E-state index contributed by atoms with van der Waals surface area (Å²) in [5.41, 5.74) is 3.54. The van der Waals surface area contributed by atoms with Gasteiger partial charge in [0.05, 0.1) is 12.2 Å². The second kappa shape index (κ2) is 12.2. The fourth-order valence-electron chi connectivity index (χ4n) is 6.12. The smallest absolute Gasteiger partial charge is 0.416 e. The number of ether oxygens (including phenoxy) is 2. The number of aromatic nitrogens is 1. The Hall–Kier alpha value is -3.42. The minimum absolute atomic E-state index is 0.0220. The summed E-state index contributed by atoms with van der Waals surface area (Å²) in [5, 5.41) is 0. The van der Waals surface area contributed by atoms with Crippen LogP contribution in [-0.2, 0) is 34.2 Å². The summed E-state index contributed by atoms with van der Waals surface area (Å²) in [6.45, 7) is 10.6. The molecule has 6 rings (SSSR count). The fourth-order valence-corrected chi connectivity index (χ4v) is 6.12. The summed E-state index contributed by atoms with van der Waals surface area (Å²) in [7, 11) is 0. The SMILES string of the molecule is CC.CC1(C)CC(c2ccccc2C(F)(F)F)c2cc(COc3cc4c(cn3)C3CC3C4)c(F)cc21.CCOC=O. The van der Waals surface area contributed by atoms with Gasteiger partial charge in [0, 0.05) is 23.7 Å². The van der Waals surface area contributed by atoms with E-state index in [1.165, 1.54) is 35.7 Å². The first-order valence-electron chi connectivity index (χ1n) is 14.2. The van der Waals surface area contributed by atoms with E-state index in [-0.39, 0.29) is 12.2 Å². The molecule has 0 saturated heterocycles. The highest BCUT2D eigenvalue weighted by molar-refractivity contribution is 5.51. The van der Waals surface area contributed by atoms with Crippen molar-refractivity contribution in [1.29, 1.82) is 0 Å². The maximum atomic E-state index is 15.1. The zero-order chi connectivity index (χ0) is 29.9. The number of hydrogen-bond acceptors (Lipinski definition) is 4. The molecule has 3 unspecified atom stereocenters. The summed E-state index contributed by atoms with van der Waals surface area (Å²) in [6, 6.07) is 10.8. The highest BCUT2D eigenvalue weighted by Gasteiger charge is 2.45.